The van der Waals surface area contributed by atoms with Crippen LogP contribution in [0.5, 0.6) is 0 Å². The topological polar surface area (TPSA) is 113 Å². The van der Waals surface area contributed by atoms with Crippen LogP contribution in [0.2, 0.25) is 0 Å². The highest BCUT2D eigenvalue weighted by molar-refractivity contribution is 7.59. The first-order valence-corrected chi connectivity index (χ1v) is 7.72. The lowest BCUT2D eigenvalue weighted by Crippen LogP contribution is -2.59. The van der Waals surface area contributed by atoms with Crippen LogP contribution in [-0.2, 0) is 9.09 Å². The fourth-order valence-corrected chi connectivity index (χ4v) is 5.83. The molecule has 0 aromatic rings. The standard InChI is InChI=1S/C8H14ClN2O6P/c1-7(10(12)13)5-18(16,17-4-3-9)6-8(7,2)11(14)15/h3-6H2,1-2H3/t7-,8-/m1/s1. The highest BCUT2D eigenvalue weighted by Crippen LogP contribution is 2.61. The molecule has 0 bridgehead atoms. The number of rotatable bonds is 5. The number of nitro groups is 2. The summed E-state index contributed by atoms with van der Waals surface area (Å²) in [4.78, 5) is 20.7. The first-order chi connectivity index (χ1) is 8.11. The van der Waals surface area contributed by atoms with Crippen molar-refractivity contribution in [2.24, 2.45) is 0 Å². The van der Waals surface area contributed by atoms with Gasteiger partial charge in [0.05, 0.1) is 6.61 Å². The monoisotopic (exact) mass is 300 g/mol. The van der Waals surface area contributed by atoms with Crippen molar-refractivity contribution in [1.29, 1.82) is 0 Å². The van der Waals surface area contributed by atoms with Crippen LogP contribution in [0.4, 0.5) is 0 Å². The molecule has 0 N–H and O–H groups in total. The first-order valence-electron chi connectivity index (χ1n) is 5.19. The molecule has 104 valence electrons. The fraction of sp³-hybridized carbons (Fsp3) is 1.00. The second kappa shape index (κ2) is 4.75. The largest absolute Gasteiger partial charge is 0.327 e. The van der Waals surface area contributed by atoms with Crippen LogP contribution in [0.15, 0.2) is 0 Å². The molecule has 1 fully saturated rings. The maximum absolute atomic E-state index is 12.3. The summed E-state index contributed by atoms with van der Waals surface area (Å²) < 4.78 is 17.4. The maximum atomic E-state index is 12.3. The SMILES string of the molecule is C[C@@]1([N+](=O)[O-])CP(=O)(OCCCl)C[C@@]1(C)[N+](=O)[O-]. The fourth-order valence-electron chi connectivity index (χ4n) is 2.14. The van der Waals surface area contributed by atoms with Crippen molar-refractivity contribution in [3.8, 4) is 0 Å². The summed E-state index contributed by atoms with van der Waals surface area (Å²) in [5, 5.41) is 22.2. The van der Waals surface area contributed by atoms with E-state index in [9.17, 15) is 24.8 Å². The van der Waals surface area contributed by atoms with Crippen molar-refractivity contribution in [3.05, 3.63) is 20.2 Å². The third-order valence-corrected chi connectivity index (χ3v) is 6.47. The number of halogens is 1. The predicted octanol–water partition coefficient (Wildman–Crippen LogP) is 1.60. The smallest absolute Gasteiger partial charge is 0.297 e. The Morgan fingerprint density at radius 3 is 1.89 bits per heavy atom. The Balaban J connectivity index is 3.16. The molecule has 2 atom stereocenters. The molecule has 18 heavy (non-hydrogen) atoms. The molecular formula is C8H14ClN2O6P. The van der Waals surface area contributed by atoms with Crippen LogP contribution in [0, 0.1) is 20.2 Å². The van der Waals surface area contributed by atoms with E-state index in [0.717, 1.165) is 13.8 Å². The van der Waals surface area contributed by atoms with Crippen LogP contribution >= 0.6 is 19.0 Å². The summed E-state index contributed by atoms with van der Waals surface area (Å²) in [5.74, 6) is 0.0777. The van der Waals surface area contributed by atoms with Gasteiger partial charge in [0.15, 0.2) is 0 Å². The minimum atomic E-state index is -3.41. The van der Waals surface area contributed by atoms with E-state index in [1.165, 1.54) is 0 Å². The zero-order valence-electron chi connectivity index (χ0n) is 10.00. The van der Waals surface area contributed by atoms with Crippen molar-refractivity contribution in [1.82, 2.24) is 0 Å². The Morgan fingerprint density at radius 1 is 1.22 bits per heavy atom. The highest BCUT2D eigenvalue weighted by atomic mass is 35.5. The van der Waals surface area contributed by atoms with Gasteiger partial charge in [-0.25, -0.2) is 0 Å². The van der Waals surface area contributed by atoms with Crippen LogP contribution in [-0.4, -0.2) is 45.7 Å². The molecule has 1 rings (SSSR count). The Bertz CT molecular complexity index is 400. The summed E-state index contributed by atoms with van der Waals surface area (Å²) in [6.45, 7) is 2.24. The van der Waals surface area contributed by atoms with E-state index in [0.29, 0.717) is 0 Å². The van der Waals surface area contributed by atoms with Gasteiger partial charge >= 0.3 is 0 Å². The van der Waals surface area contributed by atoms with Crippen LogP contribution in [0.3, 0.4) is 0 Å². The molecule has 0 spiro atoms. The molecule has 0 aromatic carbocycles. The van der Waals surface area contributed by atoms with Crippen molar-refractivity contribution < 1.29 is 18.9 Å². The summed E-state index contributed by atoms with van der Waals surface area (Å²) in [6.07, 6.45) is -0.886. The normalized spacial score (nSPS) is 34.4. The van der Waals surface area contributed by atoms with Gasteiger partial charge in [-0.15, -0.1) is 11.6 Å². The lowest BCUT2D eigenvalue weighted by atomic mass is 9.84. The third kappa shape index (κ3) is 2.24. The number of hydrogen-bond donors (Lipinski definition) is 0. The molecule has 0 saturated carbocycles. The van der Waals surface area contributed by atoms with E-state index in [2.05, 4.69) is 0 Å². The Kier molecular flexibility index (Phi) is 4.05. The molecule has 0 radical (unpaired) electrons. The number of nitrogens with zero attached hydrogens (tertiary/aromatic N) is 2. The first kappa shape index (κ1) is 15.3. The molecule has 0 amide bonds. The van der Waals surface area contributed by atoms with Gasteiger partial charge in [0.2, 0.25) is 7.37 Å². The lowest BCUT2D eigenvalue weighted by Gasteiger charge is -2.24. The molecule has 1 heterocycles. The molecule has 0 aliphatic carbocycles. The van der Waals surface area contributed by atoms with E-state index in [4.69, 9.17) is 16.1 Å². The van der Waals surface area contributed by atoms with Gasteiger partial charge in [-0.05, 0) is 0 Å². The van der Waals surface area contributed by atoms with Gasteiger partial charge in [0.25, 0.3) is 11.1 Å². The van der Waals surface area contributed by atoms with Gasteiger partial charge in [0, 0.05) is 29.6 Å². The quantitative estimate of drug-likeness (QED) is 0.330. The predicted molar refractivity (Wildman–Crippen MR) is 64.8 cm³/mol. The van der Waals surface area contributed by atoms with Gasteiger partial charge < -0.3 is 4.52 Å². The minimum Gasteiger partial charge on any atom is -0.327 e. The Labute approximate surface area is 108 Å². The zero-order chi connectivity index (χ0) is 14.2. The van der Waals surface area contributed by atoms with E-state index < -0.39 is 40.6 Å². The third-order valence-electron chi connectivity index (χ3n) is 3.47. The second-order valence-electron chi connectivity index (χ2n) is 4.71. The van der Waals surface area contributed by atoms with Crippen molar-refractivity contribution in [3.63, 3.8) is 0 Å². The molecule has 0 unspecified atom stereocenters. The summed E-state index contributed by atoms with van der Waals surface area (Å²) >= 11 is 5.40. The van der Waals surface area contributed by atoms with Crippen LogP contribution in [0.25, 0.3) is 0 Å². The maximum Gasteiger partial charge on any atom is 0.297 e. The van der Waals surface area contributed by atoms with Crippen molar-refractivity contribution in [2.75, 3.05) is 24.8 Å². The van der Waals surface area contributed by atoms with Crippen LogP contribution in [0.1, 0.15) is 13.8 Å². The summed E-state index contributed by atoms with van der Waals surface area (Å²) in [7, 11) is -3.41. The van der Waals surface area contributed by atoms with Crippen molar-refractivity contribution >= 4 is 19.0 Å². The molecule has 10 heteroatoms. The number of hydrogen-bond acceptors (Lipinski definition) is 6. The highest BCUT2D eigenvalue weighted by Gasteiger charge is 2.74. The van der Waals surface area contributed by atoms with Gasteiger partial charge in [-0.2, -0.15) is 0 Å². The lowest BCUT2D eigenvalue weighted by molar-refractivity contribution is -0.668. The van der Waals surface area contributed by atoms with Gasteiger partial charge in [0.1, 0.15) is 12.3 Å². The van der Waals surface area contributed by atoms with E-state index in [1.807, 2.05) is 0 Å². The van der Waals surface area contributed by atoms with E-state index in [-0.39, 0.29) is 12.5 Å². The molecule has 1 aliphatic heterocycles. The average molecular weight is 301 g/mol. The molecular weight excluding hydrogens is 287 g/mol. The molecule has 1 aliphatic rings. The molecule has 1 saturated heterocycles. The van der Waals surface area contributed by atoms with E-state index in [1.54, 1.807) is 0 Å². The second-order valence-corrected chi connectivity index (χ2v) is 7.61. The van der Waals surface area contributed by atoms with Crippen molar-refractivity contribution in [2.45, 2.75) is 24.9 Å². The van der Waals surface area contributed by atoms with E-state index >= 15 is 0 Å². The van der Waals surface area contributed by atoms with Gasteiger partial charge in [-0.3, -0.25) is 24.8 Å². The number of alkyl halides is 1. The summed E-state index contributed by atoms with van der Waals surface area (Å²) in [5.41, 5.74) is -3.81. The Morgan fingerprint density at radius 2 is 1.61 bits per heavy atom. The molecule has 8 nitrogen and oxygen atoms in total. The zero-order valence-corrected chi connectivity index (χ0v) is 11.6. The Hall–Kier alpha value is -0.720. The average Bonchev–Trinajstić information content (AvgIpc) is 2.46. The minimum absolute atomic E-state index is 0.0412. The van der Waals surface area contributed by atoms with Gasteiger partial charge in [-0.1, -0.05) is 0 Å². The molecule has 0 aromatic heterocycles. The van der Waals surface area contributed by atoms with Crippen LogP contribution < -0.4 is 0 Å². The summed E-state index contributed by atoms with van der Waals surface area (Å²) in [6, 6.07) is 0.